The van der Waals surface area contributed by atoms with Crippen LogP contribution in [0.25, 0.3) is 0 Å². The van der Waals surface area contributed by atoms with E-state index in [-0.39, 0.29) is 31.1 Å². The van der Waals surface area contributed by atoms with Gasteiger partial charge in [0.1, 0.15) is 13.2 Å². The molecule has 0 aliphatic carbocycles. The van der Waals surface area contributed by atoms with E-state index in [0.29, 0.717) is 19.3 Å². The van der Waals surface area contributed by atoms with Crippen LogP contribution in [0.15, 0.2) is 36.5 Å². The van der Waals surface area contributed by atoms with Gasteiger partial charge < -0.3 is 14.2 Å². The smallest absolute Gasteiger partial charge is 0.306 e. The number of hydrogen-bond donors (Lipinski definition) is 0. The van der Waals surface area contributed by atoms with Crippen LogP contribution < -0.4 is 0 Å². The minimum Gasteiger partial charge on any atom is -0.462 e. The first-order valence-electron chi connectivity index (χ1n) is 25.5. The fourth-order valence-electron chi connectivity index (χ4n) is 7.34. The molecule has 0 aromatic heterocycles. The SMILES string of the molecule is CC/C=C\C/C=C\C/C=C\CCCCCCCC(=O)OC(COC(=O)CCCCCCCC)COC(=O)CCCCCCCCCCCCCCCCCCCCCC. The van der Waals surface area contributed by atoms with Gasteiger partial charge in [-0.3, -0.25) is 14.4 Å². The Labute approximate surface area is 365 Å². The maximum absolute atomic E-state index is 12.7. The van der Waals surface area contributed by atoms with Crippen LogP contribution in [0.1, 0.15) is 265 Å². The lowest BCUT2D eigenvalue weighted by atomic mass is 10.0. The minimum absolute atomic E-state index is 0.0761. The lowest BCUT2D eigenvalue weighted by molar-refractivity contribution is -0.167. The van der Waals surface area contributed by atoms with Gasteiger partial charge in [-0.05, 0) is 51.4 Å². The molecule has 0 amide bonds. The number of ether oxygens (including phenoxy) is 3. The molecule has 0 bridgehead atoms. The lowest BCUT2D eigenvalue weighted by Gasteiger charge is -2.18. The van der Waals surface area contributed by atoms with E-state index in [1.807, 2.05) is 0 Å². The van der Waals surface area contributed by atoms with Crippen LogP contribution in [-0.2, 0) is 28.6 Å². The zero-order valence-electron chi connectivity index (χ0n) is 39.3. The number of hydrogen-bond acceptors (Lipinski definition) is 6. The van der Waals surface area contributed by atoms with Gasteiger partial charge >= 0.3 is 17.9 Å². The van der Waals surface area contributed by atoms with E-state index in [4.69, 9.17) is 14.2 Å². The molecular formula is C53H96O6. The third-order valence-corrected chi connectivity index (χ3v) is 11.2. The first kappa shape index (κ1) is 56.6. The van der Waals surface area contributed by atoms with Crippen molar-refractivity contribution in [1.29, 1.82) is 0 Å². The molecule has 0 aromatic rings. The number of carbonyl (C=O) groups excluding carboxylic acids is 3. The summed E-state index contributed by atoms with van der Waals surface area (Å²) in [6.45, 7) is 6.47. The van der Waals surface area contributed by atoms with Gasteiger partial charge in [0.2, 0.25) is 0 Å². The van der Waals surface area contributed by atoms with Gasteiger partial charge in [-0.1, -0.05) is 231 Å². The largest absolute Gasteiger partial charge is 0.462 e. The molecule has 6 heteroatoms. The van der Waals surface area contributed by atoms with Crippen molar-refractivity contribution in [3.63, 3.8) is 0 Å². The minimum atomic E-state index is -0.774. The van der Waals surface area contributed by atoms with Crippen LogP contribution in [-0.4, -0.2) is 37.2 Å². The molecule has 0 aliphatic heterocycles. The second kappa shape index (κ2) is 48.3. The number of carbonyl (C=O) groups is 3. The van der Waals surface area contributed by atoms with Crippen molar-refractivity contribution in [2.75, 3.05) is 13.2 Å². The molecule has 6 nitrogen and oxygen atoms in total. The van der Waals surface area contributed by atoms with E-state index in [9.17, 15) is 14.4 Å². The van der Waals surface area contributed by atoms with Crippen LogP contribution in [0, 0.1) is 0 Å². The van der Waals surface area contributed by atoms with E-state index in [0.717, 1.165) is 96.3 Å². The molecule has 0 spiro atoms. The van der Waals surface area contributed by atoms with Crippen LogP contribution >= 0.6 is 0 Å². The molecule has 344 valence electrons. The number of rotatable bonds is 46. The highest BCUT2D eigenvalue weighted by atomic mass is 16.6. The highest BCUT2D eigenvalue weighted by molar-refractivity contribution is 5.71. The van der Waals surface area contributed by atoms with Crippen molar-refractivity contribution >= 4 is 17.9 Å². The molecule has 1 atom stereocenters. The summed E-state index contributed by atoms with van der Waals surface area (Å²) in [6.07, 6.45) is 55.9. The lowest BCUT2D eigenvalue weighted by Crippen LogP contribution is -2.30. The van der Waals surface area contributed by atoms with E-state index in [2.05, 4.69) is 57.2 Å². The summed E-state index contributed by atoms with van der Waals surface area (Å²) in [6, 6.07) is 0. The van der Waals surface area contributed by atoms with Gasteiger partial charge in [0, 0.05) is 19.3 Å². The fraction of sp³-hybridized carbons (Fsp3) is 0.830. The summed E-state index contributed by atoms with van der Waals surface area (Å²) in [5.74, 6) is -0.894. The molecule has 1 unspecified atom stereocenters. The maximum Gasteiger partial charge on any atom is 0.306 e. The third kappa shape index (κ3) is 46.5. The zero-order valence-corrected chi connectivity index (χ0v) is 39.3. The summed E-state index contributed by atoms with van der Waals surface area (Å²) in [7, 11) is 0. The van der Waals surface area contributed by atoms with Crippen molar-refractivity contribution in [1.82, 2.24) is 0 Å². The average Bonchev–Trinajstić information content (AvgIpc) is 3.23. The quantitative estimate of drug-likeness (QED) is 0.0263. The zero-order chi connectivity index (χ0) is 43.0. The number of allylic oxidation sites excluding steroid dienone is 6. The van der Waals surface area contributed by atoms with Gasteiger partial charge in [-0.25, -0.2) is 0 Å². The van der Waals surface area contributed by atoms with E-state index >= 15 is 0 Å². The van der Waals surface area contributed by atoms with Crippen molar-refractivity contribution in [2.45, 2.75) is 271 Å². The third-order valence-electron chi connectivity index (χ3n) is 11.2. The van der Waals surface area contributed by atoms with Gasteiger partial charge in [-0.2, -0.15) is 0 Å². The monoisotopic (exact) mass is 829 g/mol. The number of esters is 3. The van der Waals surface area contributed by atoms with Gasteiger partial charge in [-0.15, -0.1) is 0 Å². The second-order valence-electron chi connectivity index (χ2n) is 17.1. The fourth-order valence-corrected chi connectivity index (χ4v) is 7.34. The van der Waals surface area contributed by atoms with Crippen molar-refractivity contribution in [3.8, 4) is 0 Å². The second-order valence-corrected chi connectivity index (χ2v) is 17.1. The molecule has 0 heterocycles. The molecule has 0 radical (unpaired) electrons. The Morgan fingerprint density at radius 1 is 0.356 bits per heavy atom. The summed E-state index contributed by atoms with van der Waals surface area (Å²) in [4.78, 5) is 37.7. The summed E-state index contributed by atoms with van der Waals surface area (Å²) >= 11 is 0. The molecule has 0 rings (SSSR count). The predicted octanol–water partition coefficient (Wildman–Crippen LogP) is 16.5. The number of unbranched alkanes of at least 4 members (excludes halogenated alkanes) is 29. The van der Waals surface area contributed by atoms with Crippen LogP contribution in [0.3, 0.4) is 0 Å². The van der Waals surface area contributed by atoms with Crippen LogP contribution in [0.4, 0.5) is 0 Å². The normalized spacial score (nSPS) is 12.3. The molecule has 59 heavy (non-hydrogen) atoms. The van der Waals surface area contributed by atoms with Gasteiger partial charge in [0.15, 0.2) is 6.10 Å². The first-order chi connectivity index (χ1) is 29.0. The van der Waals surface area contributed by atoms with Crippen molar-refractivity contribution in [3.05, 3.63) is 36.5 Å². The average molecular weight is 829 g/mol. The Kier molecular flexibility index (Phi) is 46.4. The Balaban J connectivity index is 4.17. The molecular weight excluding hydrogens is 733 g/mol. The maximum atomic E-state index is 12.7. The van der Waals surface area contributed by atoms with Gasteiger partial charge in [0.25, 0.3) is 0 Å². The van der Waals surface area contributed by atoms with Crippen LogP contribution in [0.2, 0.25) is 0 Å². The first-order valence-corrected chi connectivity index (χ1v) is 25.5. The van der Waals surface area contributed by atoms with Crippen molar-refractivity contribution < 1.29 is 28.6 Å². The highest BCUT2D eigenvalue weighted by Gasteiger charge is 2.19. The highest BCUT2D eigenvalue weighted by Crippen LogP contribution is 2.16. The molecule has 0 aliphatic rings. The summed E-state index contributed by atoms with van der Waals surface area (Å²) in [5.41, 5.74) is 0. The standard InChI is InChI=1S/C53H96O6/c1-4-7-10-13-16-18-20-22-24-25-26-27-28-30-31-33-35-37-40-43-46-52(55)58-49-50(48-57-51(54)45-42-39-15-12-9-6-3)59-53(56)47-44-41-38-36-34-32-29-23-21-19-17-14-11-8-5-2/h8,11,17,19,23,29,50H,4-7,9-10,12-16,18,20-22,24-28,30-49H2,1-3H3/b11-8-,19-17-,29-23-. The van der Waals surface area contributed by atoms with E-state index in [1.54, 1.807) is 0 Å². The molecule has 0 saturated carbocycles. The Hall–Kier alpha value is -2.37. The Morgan fingerprint density at radius 2 is 0.661 bits per heavy atom. The molecule has 0 fully saturated rings. The Bertz CT molecular complexity index is 1000. The predicted molar refractivity (Wildman–Crippen MR) is 252 cm³/mol. The summed E-state index contributed by atoms with van der Waals surface area (Å²) in [5, 5.41) is 0. The van der Waals surface area contributed by atoms with E-state index in [1.165, 1.54) is 128 Å². The Morgan fingerprint density at radius 3 is 1.03 bits per heavy atom. The molecule has 0 N–H and O–H groups in total. The molecule has 0 saturated heterocycles. The van der Waals surface area contributed by atoms with Crippen molar-refractivity contribution in [2.24, 2.45) is 0 Å². The molecule has 0 aromatic carbocycles. The topological polar surface area (TPSA) is 78.9 Å². The summed E-state index contributed by atoms with van der Waals surface area (Å²) < 4.78 is 16.7. The van der Waals surface area contributed by atoms with E-state index < -0.39 is 6.10 Å². The van der Waals surface area contributed by atoms with Crippen LogP contribution in [0.5, 0.6) is 0 Å². The van der Waals surface area contributed by atoms with Gasteiger partial charge in [0.05, 0.1) is 0 Å².